The van der Waals surface area contributed by atoms with E-state index in [0.29, 0.717) is 15.7 Å². The molecule has 1 heterocycles. The van der Waals surface area contributed by atoms with Crippen molar-refractivity contribution in [2.75, 3.05) is 10.7 Å². The first-order chi connectivity index (χ1) is 8.15. The fourth-order valence-electron chi connectivity index (χ4n) is 1.12. The molecule has 0 radical (unpaired) electrons. The second-order valence-corrected chi connectivity index (χ2v) is 3.90. The second-order valence-electron chi connectivity index (χ2n) is 3.06. The van der Waals surface area contributed by atoms with Crippen LogP contribution in [0.3, 0.4) is 0 Å². The summed E-state index contributed by atoms with van der Waals surface area (Å²) < 4.78 is 1.30. The molecule has 0 aliphatic heterocycles. The van der Waals surface area contributed by atoms with Gasteiger partial charge in [0.2, 0.25) is 0 Å². The number of nitrogens with zero attached hydrogens (tertiary/aromatic N) is 3. The van der Waals surface area contributed by atoms with E-state index in [2.05, 4.69) is 20.9 Å². The number of amides is 2. The number of nitrogens with one attached hydrogen (secondary N) is 2. The summed E-state index contributed by atoms with van der Waals surface area (Å²) in [6.45, 7) is 0. The summed E-state index contributed by atoms with van der Waals surface area (Å²) in [6.07, 6.45) is 2.70. The molecule has 88 valence electrons. The third kappa shape index (κ3) is 3.08. The SMILES string of the molecule is O=C(Nc1ccc(Cl)cc1Cl)Nn1cnnc1. The molecule has 1 aromatic carbocycles. The van der Waals surface area contributed by atoms with Gasteiger partial charge in [0.25, 0.3) is 0 Å². The van der Waals surface area contributed by atoms with E-state index in [4.69, 9.17) is 23.2 Å². The van der Waals surface area contributed by atoms with E-state index in [1.165, 1.54) is 23.4 Å². The Hall–Kier alpha value is -1.79. The number of aromatic nitrogens is 3. The van der Waals surface area contributed by atoms with Crippen LogP contribution in [0.4, 0.5) is 10.5 Å². The summed E-state index contributed by atoms with van der Waals surface area (Å²) in [6, 6.07) is 4.31. The van der Waals surface area contributed by atoms with Crippen LogP contribution in [0.25, 0.3) is 0 Å². The molecule has 2 amide bonds. The topological polar surface area (TPSA) is 71.8 Å². The number of halogens is 2. The summed E-state index contributed by atoms with van der Waals surface area (Å²) in [7, 11) is 0. The van der Waals surface area contributed by atoms with Crippen LogP contribution in [-0.4, -0.2) is 20.9 Å². The van der Waals surface area contributed by atoms with Crippen molar-refractivity contribution >= 4 is 34.9 Å². The Morgan fingerprint density at radius 2 is 1.94 bits per heavy atom. The Kier molecular flexibility index (Phi) is 3.46. The molecule has 0 spiro atoms. The van der Waals surface area contributed by atoms with Gasteiger partial charge in [-0.2, -0.15) is 0 Å². The van der Waals surface area contributed by atoms with Crippen LogP contribution in [0.15, 0.2) is 30.9 Å². The van der Waals surface area contributed by atoms with Gasteiger partial charge in [-0.1, -0.05) is 23.2 Å². The van der Waals surface area contributed by atoms with Crippen molar-refractivity contribution in [2.45, 2.75) is 0 Å². The molecule has 0 fully saturated rings. The van der Waals surface area contributed by atoms with Crippen LogP contribution in [-0.2, 0) is 0 Å². The maximum absolute atomic E-state index is 11.5. The molecule has 8 heteroatoms. The smallest absolute Gasteiger partial charge is 0.305 e. The maximum atomic E-state index is 11.5. The highest BCUT2D eigenvalue weighted by Gasteiger charge is 2.06. The zero-order valence-electron chi connectivity index (χ0n) is 8.39. The van der Waals surface area contributed by atoms with E-state index in [1.807, 2.05) is 0 Å². The Morgan fingerprint density at radius 3 is 2.59 bits per heavy atom. The van der Waals surface area contributed by atoms with Crippen LogP contribution < -0.4 is 10.7 Å². The van der Waals surface area contributed by atoms with Crippen LogP contribution in [0.2, 0.25) is 10.0 Å². The molecule has 0 bridgehead atoms. The minimum atomic E-state index is -0.464. The predicted molar refractivity (Wildman–Crippen MR) is 64.9 cm³/mol. The molecular formula is C9H7Cl2N5O. The number of urea groups is 1. The van der Waals surface area contributed by atoms with Gasteiger partial charge < -0.3 is 5.32 Å². The third-order valence-electron chi connectivity index (χ3n) is 1.83. The van der Waals surface area contributed by atoms with Crippen molar-refractivity contribution in [1.82, 2.24) is 14.9 Å². The average molecular weight is 272 g/mol. The first-order valence-electron chi connectivity index (χ1n) is 4.53. The van der Waals surface area contributed by atoms with Crippen molar-refractivity contribution in [1.29, 1.82) is 0 Å². The number of carbonyl (C=O) groups excluding carboxylic acids is 1. The molecular weight excluding hydrogens is 265 g/mol. The first-order valence-corrected chi connectivity index (χ1v) is 5.28. The normalized spacial score (nSPS) is 10.0. The van der Waals surface area contributed by atoms with E-state index >= 15 is 0 Å². The summed E-state index contributed by atoms with van der Waals surface area (Å²) in [5, 5.41) is 10.5. The average Bonchev–Trinajstić information content (AvgIpc) is 2.75. The van der Waals surface area contributed by atoms with E-state index < -0.39 is 6.03 Å². The zero-order chi connectivity index (χ0) is 12.3. The van der Waals surface area contributed by atoms with Crippen LogP contribution in [0.1, 0.15) is 0 Å². The van der Waals surface area contributed by atoms with Gasteiger partial charge in [-0.05, 0) is 18.2 Å². The van der Waals surface area contributed by atoms with Gasteiger partial charge in [0.05, 0.1) is 10.7 Å². The molecule has 0 aliphatic rings. The molecule has 0 saturated heterocycles. The molecule has 2 rings (SSSR count). The number of hydrogen-bond acceptors (Lipinski definition) is 3. The third-order valence-corrected chi connectivity index (χ3v) is 2.38. The molecule has 2 N–H and O–H groups in total. The maximum Gasteiger partial charge on any atom is 0.338 e. The van der Waals surface area contributed by atoms with Crippen molar-refractivity contribution < 1.29 is 4.79 Å². The van der Waals surface area contributed by atoms with Crippen molar-refractivity contribution in [2.24, 2.45) is 0 Å². The van der Waals surface area contributed by atoms with Crippen LogP contribution >= 0.6 is 23.2 Å². The lowest BCUT2D eigenvalue weighted by Gasteiger charge is -2.08. The molecule has 17 heavy (non-hydrogen) atoms. The van der Waals surface area contributed by atoms with Gasteiger partial charge in [0.15, 0.2) is 0 Å². The summed E-state index contributed by atoms with van der Waals surface area (Å²) in [5.41, 5.74) is 2.92. The molecule has 0 atom stereocenters. The lowest BCUT2D eigenvalue weighted by atomic mass is 10.3. The van der Waals surface area contributed by atoms with Gasteiger partial charge >= 0.3 is 6.03 Å². The summed E-state index contributed by atoms with van der Waals surface area (Å²) >= 11 is 11.6. The number of carbonyl (C=O) groups is 1. The lowest BCUT2D eigenvalue weighted by molar-refractivity contribution is 0.259. The molecule has 6 nitrogen and oxygen atoms in total. The Morgan fingerprint density at radius 1 is 1.24 bits per heavy atom. The van der Waals surface area contributed by atoms with Crippen LogP contribution in [0.5, 0.6) is 0 Å². The first kappa shape index (κ1) is 11.7. The molecule has 1 aromatic heterocycles. The lowest BCUT2D eigenvalue weighted by Crippen LogP contribution is -2.26. The van der Waals surface area contributed by atoms with E-state index in [0.717, 1.165) is 0 Å². The highest BCUT2D eigenvalue weighted by atomic mass is 35.5. The minimum absolute atomic E-state index is 0.358. The fraction of sp³-hybridized carbons (Fsp3) is 0. The van der Waals surface area contributed by atoms with Crippen LogP contribution in [0, 0.1) is 0 Å². The molecule has 2 aromatic rings. The predicted octanol–water partition coefficient (Wildman–Crippen LogP) is 2.36. The minimum Gasteiger partial charge on any atom is -0.305 e. The van der Waals surface area contributed by atoms with Gasteiger partial charge in [-0.15, -0.1) is 10.2 Å². The second kappa shape index (κ2) is 5.03. The number of rotatable bonds is 2. The Labute approximate surface area is 107 Å². The number of anilines is 1. The van der Waals surface area contributed by atoms with Crippen molar-refractivity contribution in [3.8, 4) is 0 Å². The van der Waals surface area contributed by atoms with Crippen molar-refractivity contribution in [3.63, 3.8) is 0 Å². The van der Waals surface area contributed by atoms with Gasteiger partial charge in [0, 0.05) is 5.02 Å². The van der Waals surface area contributed by atoms with Gasteiger partial charge in [-0.25, -0.2) is 14.9 Å². The van der Waals surface area contributed by atoms with E-state index in [-0.39, 0.29) is 0 Å². The monoisotopic (exact) mass is 271 g/mol. The van der Waals surface area contributed by atoms with Gasteiger partial charge in [0.1, 0.15) is 12.7 Å². The number of benzene rings is 1. The van der Waals surface area contributed by atoms with Crippen molar-refractivity contribution in [3.05, 3.63) is 40.9 Å². The molecule has 0 saturated carbocycles. The fourth-order valence-corrected chi connectivity index (χ4v) is 1.57. The molecule has 0 aliphatic carbocycles. The summed E-state index contributed by atoms with van der Waals surface area (Å²) in [5.74, 6) is 0. The quantitative estimate of drug-likeness (QED) is 0.881. The highest BCUT2D eigenvalue weighted by molar-refractivity contribution is 6.36. The zero-order valence-corrected chi connectivity index (χ0v) is 9.90. The Bertz CT molecular complexity index is 528. The number of hydrogen-bond donors (Lipinski definition) is 2. The largest absolute Gasteiger partial charge is 0.338 e. The molecule has 0 unspecified atom stereocenters. The summed E-state index contributed by atoms with van der Waals surface area (Å²) in [4.78, 5) is 11.5. The van der Waals surface area contributed by atoms with Gasteiger partial charge in [-0.3, -0.25) is 0 Å². The van der Waals surface area contributed by atoms with E-state index in [1.54, 1.807) is 12.1 Å². The Balaban J connectivity index is 2.03. The highest BCUT2D eigenvalue weighted by Crippen LogP contribution is 2.25. The van der Waals surface area contributed by atoms with E-state index in [9.17, 15) is 4.79 Å². The standard InChI is InChI=1S/C9H7Cl2N5O/c10-6-1-2-8(7(11)3-6)14-9(17)15-16-4-12-13-5-16/h1-5H,(H2,14,15,17).